The summed E-state index contributed by atoms with van der Waals surface area (Å²) in [7, 11) is -3.72. The topological polar surface area (TPSA) is 87.2 Å². The van der Waals surface area contributed by atoms with Gasteiger partial charge in [0.25, 0.3) is 0 Å². The van der Waals surface area contributed by atoms with Crippen molar-refractivity contribution in [2.24, 2.45) is 5.14 Å². The van der Waals surface area contributed by atoms with Crippen molar-refractivity contribution in [1.29, 1.82) is 0 Å². The van der Waals surface area contributed by atoms with E-state index >= 15 is 0 Å². The molecule has 1 aromatic heterocycles. The Morgan fingerprint density at radius 2 is 1.83 bits per heavy atom. The summed E-state index contributed by atoms with van der Waals surface area (Å²) in [6.45, 7) is 5.02. The molecule has 3 rings (SSSR count). The molecule has 0 bridgehead atoms. The Bertz CT molecular complexity index is 798. The van der Waals surface area contributed by atoms with Crippen LogP contribution in [0.2, 0.25) is 0 Å². The summed E-state index contributed by atoms with van der Waals surface area (Å²) in [5, 5.41) is 9.78. The average molecular weight is 335 g/mol. The van der Waals surface area contributed by atoms with Crippen molar-refractivity contribution < 1.29 is 13.2 Å². The lowest BCUT2D eigenvalue weighted by molar-refractivity contribution is 0.0667. The molecule has 1 saturated heterocycles. The molecule has 0 radical (unpaired) electrons. The predicted octanol–water partition coefficient (Wildman–Crippen LogP) is 2.17. The number of nitrogens with zero attached hydrogens (tertiary/aromatic N) is 2. The number of aromatic nitrogens is 2. The monoisotopic (exact) mass is 335 g/mol. The SMILES string of the molecule is Cc1cc(-c2ccnn2C2CCOCC2)cc(C)c1S(N)(=O)=O. The molecule has 6 nitrogen and oxygen atoms in total. The van der Waals surface area contributed by atoms with Crippen molar-refractivity contribution in [2.75, 3.05) is 13.2 Å². The second-order valence-electron chi connectivity index (χ2n) is 5.99. The van der Waals surface area contributed by atoms with Gasteiger partial charge in [-0.15, -0.1) is 0 Å². The lowest BCUT2D eigenvalue weighted by atomic mass is 10.0. The minimum Gasteiger partial charge on any atom is -0.381 e. The smallest absolute Gasteiger partial charge is 0.238 e. The zero-order valence-electron chi connectivity index (χ0n) is 13.3. The van der Waals surface area contributed by atoms with E-state index in [9.17, 15) is 8.42 Å². The second-order valence-corrected chi connectivity index (χ2v) is 7.49. The number of sulfonamides is 1. The first-order chi connectivity index (χ1) is 10.9. The maximum atomic E-state index is 11.7. The summed E-state index contributed by atoms with van der Waals surface area (Å²) in [4.78, 5) is 0.207. The molecule has 0 aliphatic carbocycles. The highest BCUT2D eigenvalue weighted by molar-refractivity contribution is 7.89. The number of aryl methyl sites for hydroxylation is 2. The third-order valence-corrected chi connectivity index (χ3v) is 5.46. The van der Waals surface area contributed by atoms with E-state index in [0.29, 0.717) is 17.2 Å². The van der Waals surface area contributed by atoms with Crippen LogP contribution in [0.4, 0.5) is 0 Å². The Balaban J connectivity index is 2.05. The van der Waals surface area contributed by atoms with Gasteiger partial charge < -0.3 is 4.74 Å². The van der Waals surface area contributed by atoms with Crippen molar-refractivity contribution in [3.05, 3.63) is 35.5 Å². The fraction of sp³-hybridized carbons (Fsp3) is 0.438. The zero-order chi connectivity index (χ0) is 16.6. The number of nitrogens with two attached hydrogens (primary N) is 1. The van der Waals surface area contributed by atoms with Crippen LogP contribution in [0, 0.1) is 13.8 Å². The minimum absolute atomic E-state index is 0.207. The van der Waals surface area contributed by atoms with Crippen LogP contribution in [-0.2, 0) is 14.8 Å². The van der Waals surface area contributed by atoms with E-state index in [4.69, 9.17) is 9.88 Å². The van der Waals surface area contributed by atoms with Gasteiger partial charge in [-0.3, -0.25) is 4.68 Å². The molecule has 0 spiro atoms. The maximum Gasteiger partial charge on any atom is 0.238 e. The van der Waals surface area contributed by atoms with Crippen LogP contribution in [0.3, 0.4) is 0 Å². The molecular weight excluding hydrogens is 314 g/mol. The molecule has 0 saturated carbocycles. The standard InChI is InChI=1S/C16H21N3O3S/c1-11-9-13(10-12(2)16(11)23(17,20)21)15-3-6-18-19(15)14-4-7-22-8-5-14/h3,6,9-10,14H,4-5,7-8H2,1-2H3,(H2,17,20,21). The van der Waals surface area contributed by atoms with Gasteiger partial charge in [0.1, 0.15) is 0 Å². The second kappa shape index (κ2) is 6.07. The van der Waals surface area contributed by atoms with E-state index in [0.717, 1.165) is 37.3 Å². The number of hydrogen-bond acceptors (Lipinski definition) is 4. The van der Waals surface area contributed by atoms with Crippen LogP contribution >= 0.6 is 0 Å². The van der Waals surface area contributed by atoms with Crippen molar-refractivity contribution in [3.63, 3.8) is 0 Å². The maximum absolute atomic E-state index is 11.7. The molecule has 23 heavy (non-hydrogen) atoms. The zero-order valence-corrected chi connectivity index (χ0v) is 14.1. The predicted molar refractivity (Wildman–Crippen MR) is 87.6 cm³/mol. The molecule has 1 aliphatic rings. The van der Waals surface area contributed by atoms with Gasteiger partial charge in [-0.25, -0.2) is 13.6 Å². The number of hydrogen-bond donors (Lipinski definition) is 1. The number of primary sulfonamides is 1. The fourth-order valence-corrected chi connectivity index (χ4v) is 4.33. The molecule has 0 amide bonds. The molecule has 0 unspecified atom stereocenters. The first-order valence-electron chi connectivity index (χ1n) is 7.63. The molecule has 0 atom stereocenters. The highest BCUT2D eigenvalue weighted by atomic mass is 32.2. The van der Waals surface area contributed by atoms with Crippen molar-refractivity contribution in [1.82, 2.24) is 9.78 Å². The normalized spacial score (nSPS) is 16.7. The third-order valence-electron chi connectivity index (χ3n) is 4.25. The Hall–Kier alpha value is -1.70. The summed E-state index contributed by atoms with van der Waals surface area (Å²) < 4.78 is 30.9. The first-order valence-corrected chi connectivity index (χ1v) is 9.18. The average Bonchev–Trinajstić information content (AvgIpc) is 2.95. The van der Waals surface area contributed by atoms with Crippen LogP contribution in [0.5, 0.6) is 0 Å². The number of ether oxygens (including phenoxy) is 1. The molecule has 1 aromatic carbocycles. The van der Waals surface area contributed by atoms with Gasteiger partial charge in [-0.2, -0.15) is 5.10 Å². The van der Waals surface area contributed by atoms with Crippen LogP contribution in [0.25, 0.3) is 11.3 Å². The van der Waals surface area contributed by atoms with E-state index in [-0.39, 0.29) is 4.90 Å². The molecule has 7 heteroatoms. The molecule has 2 heterocycles. The van der Waals surface area contributed by atoms with Crippen molar-refractivity contribution in [2.45, 2.75) is 37.6 Å². The van der Waals surface area contributed by atoms with Gasteiger partial charge in [0.05, 0.1) is 16.6 Å². The lowest BCUT2D eigenvalue weighted by Crippen LogP contribution is -2.21. The number of benzene rings is 1. The lowest BCUT2D eigenvalue weighted by Gasteiger charge is -2.24. The van der Waals surface area contributed by atoms with Gasteiger partial charge in [-0.05, 0) is 56.0 Å². The van der Waals surface area contributed by atoms with E-state index in [2.05, 4.69) is 5.10 Å². The molecule has 2 N–H and O–H groups in total. The quantitative estimate of drug-likeness (QED) is 0.931. The molecular formula is C16H21N3O3S. The minimum atomic E-state index is -3.72. The molecule has 1 fully saturated rings. The van der Waals surface area contributed by atoms with Crippen LogP contribution < -0.4 is 5.14 Å². The number of rotatable bonds is 3. The highest BCUT2D eigenvalue weighted by Crippen LogP contribution is 2.31. The Kier molecular flexibility index (Phi) is 4.27. The first kappa shape index (κ1) is 16.2. The molecule has 124 valence electrons. The summed E-state index contributed by atoms with van der Waals surface area (Å²) in [5.41, 5.74) is 3.25. The van der Waals surface area contributed by atoms with Gasteiger partial charge >= 0.3 is 0 Å². The summed E-state index contributed by atoms with van der Waals surface area (Å²) in [5.74, 6) is 0. The van der Waals surface area contributed by atoms with E-state index < -0.39 is 10.0 Å². The van der Waals surface area contributed by atoms with Gasteiger partial charge in [0.15, 0.2) is 0 Å². The van der Waals surface area contributed by atoms with E-state index in [1.165, 1.54) is 0 Å². The summed E-state index contributed by atoms with van der Waals surface area (Å²) in [6, 6.07) is 5.99. The van der Waals surface area contributed by atoms with Gasteiger partial charge in [-0.1, -0.05) is 0 Å². The van der Waals surface area contributed by atoms with Crippen LogP contribution in [0.15, 0.2) is 29.3 Å². The Morgan fingerprint density at radius 3 is 2.39 bits per heavy atom. The van der Waals surface area contributed by atoms with Crippen molar-refractivity contribution >= 4 is 10.0 Å². The fourth-order valence-electron chi connectivity index (χ4n) is 3.31. The Morgan fingerprint density at radius 1 is 1.22 bits per heavy atom. The highest BCUT2D eigenvalue weighted by Gasteiger charge is 2.21. The van der Waals surface area contributed by atoms with Gasteiger partial charge in [0, 0.05) is 25.0 Å². The Labute approximate surface area is 136 Å². The van der Waals surface area contributed by atoms with Crippen LogP contribution in [0.1, 0.15) is 30.0 Å². The molecule has 2 aromatic rings. The van der Waals surface area contributed by atoms with Gasteiger partial charge in [0.2, 0.25) is 10.0 Å². The summed E-state index contributed by atoms with van der Waals surface area (Å²) >= 11 is 0. The third kappa shape index (κ3) is 3.17. The van der Waals surface area contributed by atoms with Crippen molar-refractivity contribution in [3.8, 4) is 11.3 Å². The largest absolute Gasteiger partial charge is 0.381 e. The van der Waals surface area contributed by atoms with E-state index in [1.807, 2.05) is 22.9 Å². The van der Waals surface area contributed by atoms with E-state index in [1.54, 1.807) is 20.0 Å². The van der Waals surface area contributed by atoms with Crippen LogP contribution in [-0.4, -0.2) is 31.4 Å². The molecule has 1 aliphatic heterocycles. The summed E-state index contributed by atoms with van der Waals surface area (Å²) in [6.07, 6.45) is 3.65.